The zero-order valence-corrected chi connectivity index (χ0v) is 15.7. The van der Waals surface area contributed by atoms with Gasteiger partial charge in [-0.25, -0.2) is 4.39 Å². The first-order chi connectivity index (χ1) is 13.6. The molecule has 0 aliphatic carbocycles. The van der Waals surface area contributed by atoms with Crippen LogP contribution in [0.5, 0.6) is 0 Å². The highest BCUT2D eigenvalue weighted by Gasteiger charge is 2.25. The van der Waals surface area contributed by atoms with Crippen molar-refractivity contribution in [2.45, 2.75) is 0 Å². The SMILES string of the molecule is N#Cc1cnc2ccc(Cl)cc2c1N1CCN(C(=O)c2cccc(F)c2)CC1. The van der Waals surface area contributed by atoms with E-state index in [0.717, 1.165) is 16.6 Å². The Balaban J connectivity index is 1.60. The number of nitrogens with zero attached hydrogens (tertiary/aromatic N) is 4. The summed E-state index contributed by atoms with van der Waals surface area (Å²) in [6.45, 7) is 2.07. The van der Waals surface area contributed by atoms with E-state index in [9.17, 15) is 14.4 Å². The lowest BCUT2D eigenvalue weighted by atomic mass is 10.1. The van der Waals surface area contributed by atoms with E-state index < -0.39 is 5.82 Å². The normalized spacial score (nSPS) is 14.2. The molecule has 0 saturated carbocycles. The fourth-order valence-electron chi connectivity index (χ4n) is 3.51. The predicted molar refractivity (Wildman–Crippen MR) is 106 cm³/mol. The first-order valence-corrected chi connectivity index (χ1v) is 9.23. The van der Waals surface area contributed by atoms with E-state index in [-0.39, 0.29) is 5.91 Å². The lowest BCUT2D eigenvalue weighted by molar-refractivity contribution is 0.0746. The molecule has 3 aromatic rings. The fraction of sp³-hybridized carbons (Fsp3) is 0.190. The summed E-state index contributed by atoms with van der Waals surface area (Å²) in [5.41, 5.74) is 2.36. The molecule has 0 bridgehead atoms. The van der Waals surface area contributed by atoms with Crippen molar-refractivity contribution in [3.63, 3.8) is 0 Å². The van der Waals surface area contributed by atoms with Gasteiger partial charge in [0, 0.05) is 48.3 Å². The van der Waals surface area contributed by atoms with Crippen LogP contribution in [0.3, 0.4) is 0 Å². The van der Waals surface area contributed by atoms with Crippen LogP contribution in [0.2, 0.25) is 5.02 Å². The van der Waals surface area contributed by atoms with Crippen LogP contribution < -0.4 is 4.90 Å². The van der Waals surface area contributed by atoms with Crippen LogP contribution in [0.1, 0.15) is 15.9 Å². The van der Waals surface area contributed by atoms with E-state index in [1.807, 2.05) is 12.1 Å². The molecular formula is C21H16ClFN4O. The molecule has 0 N–H and O–H groups in total. The van der Waals surface area contributed by atoms with Gasteiger partial charge in [-0.3, -0.25) is 9.78 Å². The Morgan fingerprint density at radius 2 is 1.93 bits per heavy atom. The summed E-state index contributed by atoms with van der Waals surface area (Å²) in [5, 5.41) is 10.9. The number of amides is 1. The molecule has 28 heavy (non-hydrogen) atoms. The van der Waals surface area contributed by atoms with Gasteiger partial charge in [0.2, 0.25) is 0 Å². The highest BCUT2D eigenvalue weighted by Crippen LogP contribution is 2.32. The number of hydrogen-bond donors (Lipinski definition) is 0. The lowest BCUT2D eigenvalue weighted by Crippen LogP contribution is -2.49. The van der Waals surface area contributed by atoms with Crippen LogP contribution in [0.15, 0.2) is 48.7 Å². The van der Waals surface area contributed by atoms with Crippen LogP contribution in [-0.2, 0) is 0 Å². The number of anilines is 1. The number of nitriles is 1. The molecule has 2 heterocycles. The molecule has 140 valence electrons. The predicted octanol–water partition coefficient (Wildman–Crippen LogP) is 3.86. The Morgan fingerprint density at radius 1 is 1.14 bits per heavy atom. The molecule has 0 spiro atoms. The Morgan fingerprint density at radius 3 is 2.64 bits per heavy atom. The molecule has 1 aliphatic rings. The molecule has 1 aliphatic heterocycles. The average molecular weight is 395 g/mol. The molecule has 4 rings (SSSR count). The standard InChI is InChI=1S/C21H16ClFN4O/c22-16-4-5-19-18(11-16)20(15(12-24)13-25-19)26-6-8-27(9-7-26)21(28)14-2-1-3-17(23)10-14/h1-5,10-11,13H,6-9H2. The Hall–Kier alpha value is -3.17. The first-order valence-electron chi connectivity index (χ1n) is 8.85. The van der Waals surface area contributed by atoms with Crippen LogP contribution in [-0.4, -0.2) is 42.0 Å². The average Bonchev–Trinajstić information content (AvgIpc) is 2.72. The van der Waals surface area contributed by atoms with Gasteiger partial charge in [0.15, 0.2) is 0 Å². The number of halogens is 2. The van der Waals surface area contributed by atoms with Crippen LogP contribution in [0, 0.1) is 17.1 Å². The molecule has 0 atom stereocenters. The molecule has 7 heteroatoms. The number of benzene rings is 2. The zero-order valence-electron chi connectivity index (χ0n) is 14.9. The maximum Gasteiger partial charge on any atom is 0.254 e. The second-order valence-electron chi connectivity index (χ2n) is 6.58. The van der Waals surface area contributed by atoms with Crippen molar-refractivity contribution >= 4 is 34.1 Å². The topological polar surface area (TPSA) is 60.2 Å². The Kier molecular flexibility index (Phi) is 4.84. The van der Waals surface area contributed by atoms with Crippen molar-refractivity contribution in [2.75, 3.05) is 31.1 Å². The van der Waals surface area contributed by atoms with Gasteiger partial charge in [-0.1, -0.05) is 17.7 Å². The van der Waals surface area contributed by atoms with Gasteiger partial charge in [-0.15, -0.1) is 0 Å². The van der Waals surface area contributed by atoms with Crippen molar-refractivity contribution in [3.8, 4) is 6.07 Å². The highest BCUT2D eigenvalue weighted by molar-refractivity contribution is 6.31. The number of carbonyl (C=O) groups excluding carboxylic acids is 1. The van der Waals surface area contributed by atoms with Crippen LogP contribution >= 0.6 is 11.6 Å². The number of hydrogen-bond acceptors (Lipinski definition) is 4. The minimum Gasteiger partial charge on any atom is -0.366 e. The van der Waals surface area contributed by atoms with Crippen molar-refractivity contribution < 1.29 is 9.18 Å². The number of carbonyl (C=O) groups is 1. The molecule has 1 fully saturated rings. The van der Waals surface area contributed by atoms with E-state index in [4.69, 9.17) is 11.6 Å². The third-order valence-electron chi connectivity index (χ3n) is 4.88. The number of rotatable bonds is 2. The van der Waals surface area contributed by atoms with E-state index >= 15 is 0 Å². The fourth-order valence-corrected chi connectivity index (χ4v) is 3.68. The van der Waals surface area contributed by atoms with Gasteiger partial charge < -0.3 is 9.80 Å². The van der Waals surface area contributed by atoms with Gasteiger partial charge in [-0.2, -0.15) is 5.26 Å². The second-order valence-corrected chi connectivity index (χ2v) is 7.02. The van der Waals surface area contributed by atoms with Crippen molar-refractivity contribution in [1.82, 2.24) is 9.88 Å². The summed E-state index contributed by atoms with van der Waals surface area (Å²) < 4.78 is 13.4. The largest absolute Gasteiger partial charge is 0.366 e. The van der Waals surface area contributed by atoms with Crippen molar-refractivity contribution in [3.05, 3.63) is 70.6 Å². The molecule has 0 radical (unpaired) electrons. The highest BCUT2D eigenvalue weighted by atomic mass is 35.5. The van der Waals surface area contributed by atoms with Crippen LogP contribution in [0.25, 0.3) is 10.9 Å². The van der Waals surface area contributed by atoms with Gasteiger partial charge in [0.05, 0.1) is 16.8 Å². The van der Waals surface area contributed by atoms with E-state index in [2.05, 4.69) is 16.0 Å². The smallest absolute Gasteiger partial charge is 0.254 e. The van der Waals surface area contributed by atoms with Gasteiger partial charge in [0.1, 0.15) is 11.9 Å². The Bertz CT molecular complexity index is 1100. The molecule has 1 amide bonds. The maximum atomic E-state index is 13.4. The van der Waals surface area contributed by atoms with E-state index in [1.54, 1.807) is 23.2 Å². The number of aromatic nitrogens is 1. The quantitative estimate of drug-likeness (QED) is 0.662. The summed E-state index contributed by atoms with van der Waals surface area (Å²) >= 11 is 6.16. The summed E-state index contributed by atoms with van der Waals surface area (Å²) in [4.78, 5) is 20.7. The molecule has 1 saturated heterocycles. The second kappa shape index (κ2) is 7.45. The minimum absolute atomic E-state index is 0.192. The Labute approximate surface area is 166 Å². The first kappa shape index (κ1) is 18.2. The van der Waals surface area contributed by atoms with E-state index in [1.165, 1.54) is 18.2 Å². The van der Waals surface area contributed by atoms with Gasteiger partial charge in [-0.05, 0) is 36.4 Å². The number of pyridine rings is 1. The third-order valence-corrected chi connectivity index (χ3v) is 5.11. The van der Waals surface area contributed by atoms with Gasteiger partial charge >= 0.3 is 0 Å². The molecule has 1 aromatic heterocycles. The number of fused-ring (bicyclic) bond motifs is 1. The van der Waals surface area contributed by atoms with Crippen LogP contribution in [0.4, 0.5) is 10.1 Å². The summed E-state index contributed by atoms with van der Waals surface area (Å²) in [6, 6.07) is 13.3. The summed E-state index contributed by atoms with van der Waals surface area (Å²) in [6.07, 6.45) is 1.57. The monoisotopic (exact) mass is 394 g/mol. The third kappa shape index (κ3) is 3.37. The minimum atomic E-state index is -0.428. The van der Waals surface area contributed by atoms with Crippen molar-refractivity contribution in [1.29, 1.82) is 5.26 Å². The lowest BCUT2D eigenvalue weighted by Gasteiger charge is -2.37. The molecule has 0 unspecified atom stereocenters. The number of piperazine rings is 1. The summed E-state index contributed by atoms with van der Waals surface area (Å²) in [7, 11) is 0. The molecule has 5 nitrogen and oxygen atoms in total. The summed E-state index contributed by atoms with van der Waals surface area (Å²) in [5.74, 6) is -0.620. The molecule has 2 aromatic carbocycles. The molecular weight excluding hydrogens is 379 g/mol. The maximum absolute atomic E-state index is 13.4. The van der Waals surface area contributed by atoms with E-state index in [0.29, 0.717) is 42.3 Å². The zero-order chi connectivity index (χ0) is 19.7. The van der Waals surface area contributed by atoms with Crippen molar-refractivity contribution in [2.24, 2.45) is 0 Å². The van der Waals surface area contributed by atoms with Gasteiger partial charge in [0.25, 0.3) is 5.91 Å².